The number of aromatic nitrogens is 1. The molecule has 2 aliphatic rings. The molecule has 2 atom stereocenters. The monoisotopic (exact) mass is 576 g/mol. The van der Waals surface area contributed by atoms with Crippen LogP contribution in [-0.4, -0.2) is 22.3 Å². The molecule has 0 aliphatic carbocycles. The van der Waals surface area contributed by atoms with Gasteiger partial charge in [0.05, 0.1) is 6.54 Å². The molecule has 2 aliphatic heterocycles. The van der Waals surface area contributed by atoms with Gasteiger partial charge < -0.3 is 4.90 Å². The summed E-state index contributed by atoms with van der Waals surface area (Å²) in [6.07, 6.45) is 3.68. The van der Waals surface area contributed by atoms with Gasteiger partial charge in [0.15, 0.2) is 5.66 Å². The molecule has 0 amide bonds. The predicted molar refractivity (Wildman–Crippen MR) is 181 cm³/mol. The van der Waals surface area contributed by atoms with Gasteiger partial charge in [-0.25, -0.2) is 4.99 Å². The molecular formula is C41H28N4. The van der Waals surface area contributed by atoms with Gasteiger partial charge in [0.1, 0.15) is 12.0 Å². The van der Waals surface area contributed by atoms with Crippen LogP contribution in [0.5, 0.6) is 0 Å². The molecule has 3 heterocycles. The van der Waals surface area contributed by atoms with Gasteiger partial charge in [0.25, 0.3) is 0 Å². The van der Waals surface area contributed by atoms with Crippen LogP contribution >= 0.6 is 0 Å². The maximum absolute atomic E-state index is 5.35. The average molecular weight is 577 g/mol. The Morgan fingerprint density at radius 1 is 0.711 bits per heavy atom. The second kappa shape index (κ2) is 10.2. The summed E-state index contributed by atoms with van der Waals surface area (Å²) in [6.45, 7) is 0.750. The topological polar surface area (TPSA) is 40.5 Å². The van der Waals surface area contributed by atoms with Gasteiger partial charge in [-0.05, 0) is 86.4 Å². The second-order valence-corrected chi connectivity index (χ2v) is 11.8. The molecule has 0 spiro atoms. The zero-order valence-corrected chi connectivity index (χ0v) is 24.5. The normalized spacial score (nSPS) is 18.7. The molecular weight excluding hydrogens is 548 g/mol. The second-order valence-electron chi connectivity index (χ2n) is 11.8. The minimum absolute atomic E-state index is 0.0875. The zero-order valence-electron chi connectivity index (χ0n) is 24.5. The van der Waals surface area contributed by atoms with Crippen molar-refractivity contribution in [1.29, 1.82) is 0 Å². The highest BCUT2D eigenvalue weighted by atomic mass is 15.5. The number of nitrogens with one attached hydrogen (secondary N) is 1. The molecule has 4 heteroatoms. The van der Waals surface area contributed by atoms with Crippen LogP contribution in [0.2, 0.25) is 0 Å². The first-order valence-electron chi connectivity index (χ1n) is 15.3. The number of fused-ring (bicyclic) bond motifs is 5. The van der Waals surface area contributed by atoms with Crippen molar-refractivity contribution in [2.45, 2.75) is 11.8 Å². The summed E-state index contributed by atoms with van der Waals surface area (Å²) in [4.78, 5) is 12.2. The lowest BCUT2D eigenvalue weighted by Crippen LogP contribution is -2.41. The van der Waals surface area contributed by atoms with Crippen molar-refractivity contribution in [3.05, 3.63) is 175 Å². The fraction of sp³-hybridized carbons (Fsp3) is 0.0732. The van der Waals surface area contributed by atoms with Gasteiger partial charge in [-0.15, -0.1) is 0 Å². The highest BCUT2D eigenvalue weighted by Gasteiger charge is 2.52. The first-order valence-corrected chi connectivity index (χ1v) is 15.3. The molecule has 1 saturated heterocycles. The van der Waals surface area contributed by atoms with Crippen LogP contribution in [0, 0.1) is 12.1 Å². The lowest BCUT2D eigenvalue weighted by molar-refractivity contribution is 0.354. The molecule has 4 nitrogen and oxygen atoms in total. The van der Waals surface area contributed by atoms with Crippen molar-refractivity contribution in [1.82, 2.24) is 15.2 Å². The third-order valence-corrected chi connectivity index (χ3v) is 9.14. The van der Waals surface area contributed by atoms with E-state index >= 15 is 0 Å². The summed E-state index contributed by atoms with van der Waals surface area (Å²) in [6, 6.07) is 53.9. The van der Waals surface area contributed by atoms with E-state index in [1.54, 1.807) is 0 Å². The van der Waals surface area contributed by atoms with Crippen LogP contribution in [0.1, 0.15) is 22.9 Å². The molecule has 212 valence electrons. The van der Waals surface area contributed by atoms with Crippen LogP contribution in [0.3, 0.4) is 0 Å². The molecule has 1 fully saturated rings. The molecule has 2 bridgehead atoms. The Morgan fingerprint density at radius 3 is 2.33 bits per heavy atom. The van der Waals surface area contributed by atoms with Crippen LogP contribution in [-0.2, 0) is 5.66 Å². The van der Waals surface area contributed by atoms with Crippen LogP contribution in [0.15, 0.2) is 151 Å². The van der Waals surface area contributed by atoms with Crippen LogP contribution in [0.25, 0.3) is 43.8 Å². The Balaban J connectivity index is 1.26. The molecule has 7 aromatic rings. The van der Waals surface area contributed by atoms with E-state index in [9.17, 15) is 0 Å². The van der Waals surface area contributed by atoms with E-state index in [2.05, 4.69) is 149 Å². The Hall–Kier alpha value is -5.76. The summed E-state index contributed by atoms with van der Waals surface area (Å²) >= 11 is 0. The lowest BCUT2D eigenvalue weighted by atomic mass is 9.90. The number of hydrogen-bond donors (Lipinski definition) is 1. The Bertz CT molecular complexity index is 2230. The molecule has 0 radical (unpaired) electrons. The SMILES string of the molecule is c1ccc2c(c#1)c(-c1cc(-c3cccnc3)cc(C3NC4(c5ccccc5)CN3C(c3ccccc3)=N4)c1)cc1ccccc12. The maximum Gasteiger partial charge on any atom is 0.158 e. The van der Waals surface area contributed by atoms with Crippen molar-refractivity contribution in [3.8, 4) is 22.3 Å². The third-order valence-electron chi connectivity index (χ3n) is 9.14. The fourth-order valence-corrected chi connectivity index (χ4v) is 7.05. The first-order chi connectivity index (χ1) is 22.3. The summed E-state index contributed by atoms with van der Waals surface area (Å²) in [7, 11) is 0. The lowest BCUT2D eigenvalue weighted by Gasteiger charge is -2.32. The van der Waals surface area contributed by atoms with Gasteiger partial charge in [0, 0.05) is 28.9 Å². The average Bonchev–Trinajstić information content (AvgIpc) is 3.71. The van der Waals surface area contributed by atoms with Crippen molar-refractivity contribution in [2.75, 3.05) is 6.54 Å². The smallest absolute Gasteiger partial charge is 0.158 e. The van der Waals surface area contributed by atoms with Gasteiger partial charge >= 0.3 is 0 Å². The standard InChI is InChI=1S/C41H28N4/c1-3-12-28(13-4-1)39-43-41(34-16-5-2-6-17-34)27-45(39)40(44-41)33-23-31(30-15-11-21-42-26-30)22-32(24-33)38-25-29-14-7-8-18-35(29)36-19-9-10-20-37(36)38/h1-9,11-19,21-26,40,44H,27H2. The number of benzene rings is 5. The zero-order chi connectivity index (χ0) is 29.8. The highest BCUT2D eigenvalue weighted by Crippen LogP contribution is 2.45. The first kappa shape index (κ1) is 25.7. The molecule has 6 aromatic carbocycles. The van der Waals surface area contributed by atoms with E-state index < -0.39 is 5.66 Å². The van der Waals surface area contributed by atoms with Gasteiger partial charge in [-0.1, -0.05) is 103 Å². The molecule has 45 heavy (non-hydrogen) atoms. The third kappa shape index (κ3) is 4.21. The minimum atomic E-state index is -0.542. The van der Waals surface area contributed by atoms with Crippen LogP contribution < -0.4 is 5.32 Å². The maximum atomic E-state index is 5.35. The number of amidine groups is 1. The van der Waals surface area contributed by atoms with Crippen LogP contribution in [0.4, 0.5) is 0 Å². The predicted octanol–water partition coefficient (Wildman–Crippen LogP) is 8.54. The summed E-state index contributed by atoms with van der Waals surface area (Å²) < 4.78 is 0. The molecule has 1 aromatic heterocycles. The number of rotatable bonds is 5. The van der Waals surface area contributed by atoms with E-state index in [-0.39, 0.29) is 6.17 Å². The summed E-state index contributed by atoms with van der Waals surface area (Å²) in [5.41, 5.74) is 7.39. The minimum Gasteiger partial charge on any atom is -0.332 e. The molecule has 0 saturated carbocycles. The van der Waals surface area contributed by atoms with Crippen molar-refractivity contribution in [2.24, 2.45) is 4.99 Å². The Labute approximate surface area is 262 Å². The molecule has 1 N–H and O–H groups in total. The number of aliphatic imine (C=N–C) groups is 1. The van der Waals surface area contributed by atoms with E-state index in [1.807, 2.05) is 24.5 Å². The van der Waals surface area contributed by atoms with Gasteiger partial charge in [-0.3, -0.25) is 10.3 Å². The van der Waals surface area contributed by atoms with Crippen molar-refractivity contribution >= 4 is 27.4 Å². The fourth-order valence-electron chi connectivity index (χ4n) is 7.05. The van der Waals surface area contributed by atoms with Crippen molar-refractivity contribution < 1.29 is 0 Å². The Morgan fingerprint density at radius 2 is 1.49 bits per heavy atom. The summed E-state index contributed by atoms with van der Waals surface area (Å²) in [5, 5.41) is 8.64. The Kier molecular flexibility index (Phi) is 5.81. The molecule has 9 rings (SSSR count). The van der Waals surface area contributed by atoms with E-state index in [1.165, 1.54) is 21.7 Å². The van der Waals surface area contributed by atoms with Crippen molar-refractivity contribution in [3.63, 3.8) is 0 Å². The summed E-state index contributed by atoms with van der Waals surface area (Å²) in [5.74, 6) is 1.01. The van der Waals surface area contributed by atoms with Gasteiger partial charge in [-0.2, -0.15) is 0 Å². The van der Waals surface area contributed by atoms with E-state index in [4.69, 9.17) is 4.99 Å². The van der Waals surface area contributed by atoms with Gasteiger partial charge in [0.2, 0.25) is 0 Å². The van der Waals surface area contributed by atoms with E-state index in [0.717, 1.165) is 51.1 Å². The number of nitrogens with zero attached hydrogens (tertiary/aromatic N) is 3. The van der Waals surface area contributed by atoms with E-state index in [0.29, 0.717) is 0 Å². The number of pyridine rings is 1. The number of hydrogen-bond acceptors (Lipinski definition) is 4. The highest BCUT2D eigenvalue weighted by molar-refractivity contribution is 6.13. The largest absolute Gasteiger partial charge is 0.332 e. The quantitative estimate of drug-likeness (QED) is 0.223. The molecule has 2 unspecified atom stereocenters.